The standard InChI is InChI=1S/C13H12F2N6O.C6H14O6/c14-10-1-2-11(12(15)3-10)13(22,4-20-8-16-6-18-20)5-21-9-17-7-19-21;7-1-3(9)5(11)6(12)4(10)2-8/h1-3,6-9,22H,4-5H2;3-12H,1-2H2/t;3-,4+,5-,6-/m.1/s1. The van der Waals surface area contributed by atoms with Gasteiger partial charge in [0.05, 0.1) is 26.3 Å². The van der Waals surface area contributed by atoms with Crippen LogP contribution in [-0.2, 0) is 18.7 Å². The van der Waals surface area contributed by atoms with Crippen LogP contribution in [0.4, 0.5) is 8.78 Å². The van der Waals surface area contributed by atoms with E-state index in [9.17, 15) is 13.9 Å². The maximum Gasteiger partial charge on any atom is 0.137 e. The lowest BCUT2D eigenvalue weighted by atomic mass is 9.93. The third kappa shape index (κ3) is 7.29. The minimum Gasteiger partial charge on any atom is -0.394 e. The Labute approximate surface area is 191 Å². The zero-order valence-corrected chi connectivity index (χ0v) is 17.7. The molecule has 2 heterocycles. The first-order valence-corrected chi connectivity index (χ1v) is 9.88. The number of rotatable bonds is 10. The Morgan fingerprint density at radius 1 is 0.824 bits per heavy atom. The number of hydrogen-bond acceptors (Lipinski definition) is 11. The van der Waals surface area contributed by atoms with Gasteiger partial charge in [0, 0.05) is 11.6 Å². The lowest BCUT2D eigenvalue weighted by Crippen LogP contribution is -2.46. The van der Waals surface area contributed by atoms with Crippen molar-refractivity contribution in [2.24, 2.45) is 0 Å². The molecule has 1 aromatic carbocycles. The average molecular weight is 488 g/mol. The minimum absolute atomic E-state index is 0.0556. The van der Waals surface area contributed by atoms with Crippen molar-refractivity contribution in [2.45, 2.75) is 43.1 Å². The predicted molar refractivity (Wildman–Crippen MR) is 108 cm³/mol. The van der Waals surface area contributed by atoms with E-state index in [0.29, 0.717) is 0 Å². The summed E-state index contributed by atoms with van der Waals surface area (Å²) in [5, 5.41) is 70.9. The zero-order valence-electron chi connectivity index (χ0n) is 17.7. The first-order valence-electron chi connectivity index (χ1n) is 9.88. The maximum absolute atomic E-state index is 14.1. The van der Waals surface area contributed by atoms with Crippen LogP contribution in [0.1, 0.15) is 5.56 Å². The monoisotopic (exact) mass is 488 g/mol. The Hall–Kier alpha value is -2.92. The molecule has 0 saturated carbocycles. The van der Waals surface area contributed by atoms with Crippen molar-refractivity contribution in [3.05, 3.63) is 60.7 Å². The number of hydrogen-bond donors (Lipinski definition) is 7. The largest absolute Gasteiger partial charge is 0.394 e. The topological polar surface area (TPSA) is 203 Å². The highest BCUT2D eigenvalue weighted by Gasteiger charge is 2.34. The van der Waals surface area contributed by atoms with Crippen molar-refractivity contribution in [3.8, 4) is 0 Å². The molecular weight excluding hydrogens is 462 g/mol. The molecule has 0 bridgehead atoms. The van der Waals surface area contributed by atoms with Gasteiger partial charge in [0.15, 0.2) is 0 Å². The van der Waals surface area contributed by atoms with Gasteiger partial charge in [0.25, 0.3) is 0 Å². The summed E-state index contributed by atoms with van der Waals surface area (Å²) in [5.41, 5.74) is -1.75. The molecule has 0 aliphatic rings. The van der Waals surface area contributed by atoms with E-state index < -0.39 is 54.9 Å². The van der Waals surface area contributed by atoms with Crippen LogP contribution in [0, 0.1) is 11.6 Å². The average Bonchev–Trinajstić information content (AvgIpc) is 3.51. The molecule has 0 fully saturated rings. The van der Waals surface area contributed by atoms with Gasteiger partial charge in [-0.25, -0.2) is 28.1 Å². The van der Waals surface area contributed by atoms with E-state index in [1.165, 1.54) is 40.7 Å². The second kappa shape index (κ2) is 12.5. The molecule has 188 valence electrons. The highest BCUT2D eigenvalue weighted by molar-refractivity contribution is 5.25. The Morgan fingerprint density at radius 2 is 1.29 bits per heavy atom. The Kier molecular flexibility index (Phi) is 10.1. The Balaban J connectivity index is 0.000000292. The molecule has 0 amide bonds. The van der Waals surface area contributed by atoms with Crippen molar-refractivity contribution in [1.29, 1.82) is 0 Å². The molecule has 0 radical (unpaired) electrons. The van der Waals surface area contributed by atoms with Crippen molar-refractivity contribution in [3.63, 3.8) is 0 Å². The summed E-state index contributed by atoms with van der Waals surface area (Å²) in [5.74, 6) is -1.56. The van der Waals surface area contributed by atoms with Crippen molar-refractivity contribution < 1.29 is 44.5 Å². The predicted octanol–water partition coefficient (Wildman–Crippen LogP) is -2.85. The fraction of sp³-hybridized carbons (Fsp3) is 0.474. The molecule has 0 unspecified atom stereocenters. The van der Waals surface area contributed by atoms with E-state index in [-0.39, 0.29) is 18.7 Å². The van der Waals surface area contributed by atoms with E-state index in [2.05, 4.69) is 20.2 Å². The second-order valence-corrected chi connectivity index (χ2v) is 7.32. The molecule has 0 aliphatic heterocycles. The summed E-state index contributed by atoms with van der Waals surface area (Å²) in [6, 6.07) is 3.02. The first kappa shape index (κ1) is 27.3. The van der Waals surface area contributed by atoms with Crippen LogP contribution < -0.4 is 0 Å². The Morgan fingerprint density at radius 3 is 1.65 bits per heavy atom. The van der Waals surface area contributed by atoms with Crippen LogP contribution in [-0.4, -0.2) is 103 Å². The molecule has 15 heteroatoms. The fourth-order valence-corrected chi connectivity index (χ4v) is 2.92. The smallest absolute Gasteiger partial charge is 0.137 e. The van der Waals surface area contributed by atoms with E-state index in [4.69, 9.17) is 30.6 Å². The summed E-state index contributed by atoms with van der Waals surface area (Å²) < 4.78 is 29.9. The molecule has 13 nitrogen and oxygen atoms in total. The molecule has 3 rings (SSSR count). The summed E-state index contributed by atoms with van der Waals surface area (Å²) >= 11 is 0. The number of aliphatic hydroxyl groups is 7. The zero-order chi connectivity index (χ0) is 25.3. The first-order chi connectivity index (χ1) is 16.1. The van der Waals surface area contributed by atoms with Gasteiger partial charge in [0.1, 0.15) is 67.0 Å². The van der Waals surface area contributed by atoms with Gasteiger partial charge in [-0.1, -0.05) is 6.07 Å². The number of aliphatic hydroxyl groups excluding tert-OH is 6. The van der Waals surface area contributed by atoms with Gasteiger partial charge in [-0.05, 0) is 6.07 Å². The van der Waals surface area contributed by atoms with Gasteiger partial charge < -0.3 is 35.7 Å². The summed E-state index contributed by atoms with van der Waals surface area (Å²) in [4.78, 5) is 7.57. The lowest BCUT2D eigenvalue weighted by molar-refractivity contribution is -0.123. The van der Waals surface area contributed by atoms with Crippen molar-refractivity contribution >= 4 is 0 Å². The molecule has 0 saturated heterocycles. The van der Waals surface area contributed by atoms with Crippen LogP contribution in [0.5, 0.6) is 0 Å². The third-order valence-corrected chi connectivity index (χ3v) is 4.73. The number of nitrogens with zero attached hydrogens (tertiary/aromatic N) is 6. The number of aromatic nitrogens is 6. The second-order valence-electron chi connectivity index (χ2n) is 7.32. The van der Waals surface area contributed by atoms with Gasteiger partial charge in [-0.15, -0.1) is 0 Å². The van der Waals surface area contributed by atoms with E-state index in [1.807, 2.05) is 0 Å². The van der Waals surface area contributed by atoms with Crippen LogP contribution in [0.15, 0.2) is 43.5 Å². The van der Waals surface area contributed by atoms with E-state index >= 15 is 0 Å². The molecule has 7 N–H and O–H groups in total. The highest BCUT2D eigenvalue weighted by Crippen LogP contribution is 2.28. The lowest BCUT2D eigenvalue weighted by Gasteiger charge is -2.28. The Bertz CT molecular complexity index is 929. The summed E-state index contributed by atoms with van der Waals surface area (Å²) in [6.07, 6.45) is -0.994. The van der Waals surface area contributed by atoms with Gasteiger partial charge in [0.2, 0.25) is 0 Å². The van der Waals surface area contributed by atoms with Gasteiger partial charge >= 0.3 is 0 Å². The minimum atomic E-state index is -1.70. The van der Waals surface area contributed by atoms with Crippen molar-refractivity contribution in [1.82, 2.24) is 29.5 Å². The summed E-state index contributed by atoms with van der Waals surface area (Å²) in [6.45, 7) is -1.60. The van der Waals surface area contributed by atoms with E-state index in [1.54, 1.807) is 0 Å². The van der Waals surface area contributed by atoms with Gasteiger partial charge in [-0.3, -0.25) is 0 Å². The molecular formula is C19H26F2N6O7. The van der Waals surface area contributed by atoms with Crippen LogP contribution in [0.3, 0.4) is 0 Å². The van der Waals surface area contributed by atoms with Crippen LogP contribution in [0.25, 0.3) is 0 Å². The quantitative estimate of drug-likeness (QED) is 0.155. The highest BCUT2D eigenvalue weighted by atomic mass is 19.1. The third-order valence-electron chi connectivity index (χ3n) is 4.73. The van der Waals surface area contributed by atoms with E-state index in [0.717, 1.165) is 12.1 Å². The van der Waals surface area contributed by atoms with Crippen LogP contribution in [0.2, 0.25) is 0 Å². The van der Waals surface area contributed by atoms with Gasteiger partial charge in [-0.2, -0.15) is 10.2 Å². The molecule has 0 spiro atoms. The maximum atomic E-state index is 14.1. The normalized spacial score (nSPS) is 15.2. The van der Waals surface area contributed by atoms with Crippen molar-refractivity contribution in [2.75, 3.05) is 13.2 Å². The number of benzene rings is 1. The molecule has 2 aromatic heterocycles. The number of halogens is 2. The molecule has 4 atom stereocenters. The molecule has 3 aromatic rings. The SMILES string of the molecule is OC(Cn1cncn1)(Cn1cncn1)c1ccc(F)cc1F.OC[C@@H](O)[C@@H](O)[C@H](O)[C@@H](O)CO. The van der Waals surface area contributed by atoms with Crippen LogP contribution >= 0.6 is 0 Å². The summed E-state index contributed by atoms with van der Waals surface area (Å²) in [7, 11) is 0. The molecule has 0 aliphatic carbocycles. The fourth-order valence-electron chi connectivity index (χ4n) is 2.92. The molecule has 34 heavy (non-hydrogen) atoms.